The van der Waals surface area contributed by atoms with Crippen molar-refractivity contribution in [3.05, 3.63) is 72.3 Å². The average molecular weight is 318 g/mol. The van der Waals surface area contributed by atoms with Crippen molar-refractivity contribution in [1.29, 1.82) is 0 Å². The first-order chi connectivity index (χ1) is 11.4. The summed E-state index contributed by atoms with van der Waals surface area (Å²) in [6.45, 7) is 6.47. The van der Waals surface area contributed by atoms with E-state index in [1.807, 2.05) is 54.6 Å². The van der Waals surface area contributed by atoms with E-state index in [-0.39, 0.29) is 16.9 Å². The van der Waals surface area contributed by atoms with Crippen LogP contribution in [0.25, 0.3) is 22.3 Å². The van der Waals surface area contributed by atoms with Crippen LogP contribution < -0.4 is 0 Å². The van der Waals surface area contributed by atoms with Crippen molar-refractivity contribution in [3.63, 3.8) is 0 Å². The van der Waals surface area contributed by atoms with Crippen molar-refractivity contribution in [1.82, 2.24) is 0 Å². The van der Waals surface area contributed by atoms with Gasteiger partial charge in [0.15, 0.2) is 0 Å². The van der Waals surface area contributed by atoms with E-state index in [0.29, 0.717) is 0 Å². The average Bonchev–Trinajstić information content (AvgIpc) is 2.55. The summed E-state index contributed by atoms with van der Waals surface area (Å²) < 4.78 is 0. The quantitative estimate of drug-likeness (QED) is 0.633. The zero-order chi connectivity index (χ0) is 17.3. The Morgan fingerprint density at radius 1 is 0.625 bits per heavy atom. The van der Waals surface area contributed by atoms with Gasteiger partial charge in [-0.25, -0.2) is 0 Å². The largest absolute Gasteiger partial charge is 0.507 e. The minimum atomic E-state index is 0.0260. The Bertz CT molecular complexity index is 856. The highest BCUT2D eigenvalue weighted by molar-refractivity contribution is 5.76. The van der Waals surface area contributed by atoms with Crippen molar-refractivity contribution in [2.45, 2.75) is 26.2 Å². The lowest BCUT2D eigenvalue weighted by molar-refractivity contribution is 0.476. The van der Waals surface area contributed by atoms with Gasteiger partial charge in [-0.15, -0.1) is 0 Å². The van der Waals surface area contributed by atoms with Crippen LogP contribution in [0.4, 0.5) is 0 Å². The molecule has 0 aliphatic rings. The van der Waals surface area contributed by atoms with E-state index in [1.165, 1.54) is 5.56 Å². The molecule has 0 aromatic heterocycles. The molecule has 2 nitrogen and oxygen atoms in total. The molecule has 3 rings (SSSR count). The van der Waals surface area contributed by atoms with Crippen molar-refractivity contribution in [2.24, 2.45) is 0 Å². The first kappa shape index (κ1) is 16.1. The second kappa shape index (κ2) is 6.04. The summed E-state index contributed by atoms with van der Waals surface area (Å²) in [6, 6.07) is 20.9. The van der Waals surface area contributed by atoms with Gasteiger partial charge in [-0.05, 0) is 40.3 Å². The van der Waals surface area contributed by atoms with Gasteiger partial charge in [0, 0.05) is 11.1 Å². The van der Waals surface area contributed by atoms with E-state index < -0.39 is 0 Å². The second-order valence-corrected chi connectivity index (χ2v) is 7.08. The highest BCUT2D eigenvalue weighted by Gasteiger charge is 2.16. The number of para-hydroxylation sites is 1. The summed E-state index contributed by atoms with van der Waals surface area (Å²) in [6.07, 6.45) is 0. The molecule has 0 bridgehead atoms. The molecule has 3 aromatic carbocycles. The van der Waals surface area contributed by atoms with E-state index in [4.69, 9.17) is 0 Å². The molecule has 0 aliphatic carbocycles. The maximum atomic E-state index is 10.2. The lowest BCUT2D eigenvalue weighted by atomic mass is 9.85. The number of hydrogen-bond donors (Lipinski definition) is 2. The molecular formula is C22H22O2. The molecule has 3 aromatic rings. The van der Waals surface area contributed by atoms with Gasteiger partial charge in [-0.1, -0.05) is 69.3 Å². The summed E-state index contributed by atoms with van der Waals surface area (Å²) in [4.78, 5) is 0. The molecule has 2 N–H and O–H groups in total. The van der Waals surface area contributed by atoms with Crippen LogP contribution in [0.3, 0.4) is 0 Å². The smallest absolute Gasteiger partial charge is 0.123 e. The monoisotopic (exact) mass is 318 g/mol. The summed E-state index contributed by atoms with van der Waals surface area (Å²) in [7, 11) is 0. The van der Waals surface area contributed by atoms with E-state index >= 15 is 0 Å². The molecule has 0 saturated heterocycles. The van der Waals surface area contributed by atoms with Crippen LogP contribution in [0, 0.1) is 0 Å². The minimum Gasteiger partial charge on any atom is -0.507 e. The molecule has 0 spiro atoms. The van der Waals surface area contributed by atoms with E-state index in [1.54, 1.807) is 12.1 Å². The third-order valence-corrected chi connectivity index (χ3v) is 4.27. The van der Waals surface area contributed by atoms with Gasteiger partial charge in [0.05, 0.1) is 0 Å². The molecule has 0 heterocycles. The Morgan fingerprint density at radius 2 is 1.17 bits per heavy atom. The fourth-order valence-electron chi connectivity index (χ4n) is 2.78. The van der Waals surface area contributed by atoms with Gasteiger partial charge in [0.1, 0.15) is 11.5 Å². The van der Waals surface area contributed by atoms with Crippen LogP contribution in [0.1, 0.15) is 26.3 Å². The maximum absolute atomic E-state index is 10.2. The second-order valence-electron chi connectivity index (χ2n) is 7.08. The first-order valence-corrected chi connectivity index (χ1v) is 8.08. The van der Waals surface area contributed by atoms with Gasteiger partial charge < -0.3 is 10.2 Å². The molecule has 0 aliphatic heterocycles. The third kappa shape index (κ3) is 3.13. The van der Waals surface area contributed by atoms with E-state index in [0.717, 1.165) is 22.3 Å². The van der Waals surface area contributed by atoms with Crippen LogP contribution in [-0.4, -0.2) is 10.2 Å². The minimum absolute atomic E-state index is 0.0260. The molecule has 0 atom stereocenters. The van der Waals surface area contributed by atoms with Crippen molar-refractivity contribution in [3.8, 4) is 33.8 Å². The lowest BCUT2D eigenvalue weighted by Crippen LogP contribution is -2.10. The zero-order valence-electron chi connectivity index (χ0n) is 14.2. The Hall–Kier alpha value is -2.74. The molecule has 0 fully saturated rings. The van der Waals surface area contributed by atoms with Gasteiger partial charge >= 0.3 is 0 Å². The molecule has 0 saturated carbocycles. The number of hydrogen-bond acceptors (Lipinski definition) is 2. The van der Waals surface area contributed by atoms with Crippen molar-refractivity contribution >= 4 is 0 Å². The topological polar surface area (TPSA) is 40.5 Å². The van der Waals surface area contributed by atoms with E-state index in [2.05, 4.69) is 20.8 Å². The normalized spacial score (nSPS) is 11.5. The number of benzene rings is 3. The summed E-state index contributed by atoms with van der Waals surface area (Å²) >= 11 is 0. The SMILES string of the molecule is CC(C)(C)c1ccc(O)c(-c2ccc(-c3ccccc3O)cc2)c1. The summed E-state index contributed by atoms with van der Waals surface area (Å²) in [5, 5.41) is 20.2. The van der Waals surface area contributed by atoms with Crippen molar-refractivity contribution < 1.29 is 10.2 Å². The fourth-order valence-corrected chi connectivity index (χ4v) is 2.78. The number of phenolic OH excluding ortho intramolecular Hbond substituents is 2. The van der Waals surface area contributed by atoms with Crippen LogP contribution >= 0.6 is 0 Å². The zero-order valence-corrected chi connectivity index (χ0v) is 14.2. The number of aromatic hydroxyl groups is 2. The maximum Gasteiger partial charge on any atom is 0.123 e. The molecule has 2 heteroatoms. The summed E-state index contributed by atoms with van der Waals surface area (Å²) in [5.74, 6) is 0.543. The first-order valence-electron chi connectivity index (χ1n) is 8.08. The van der Waals surface area contributed by atoms with Gasteiger partial charge in [0.2, 0.25) is 0 Å². The van der Waals surface area contributed by atoms with Crippen molar-refractivity contribution in [2.75, 3.05) is 0 Å². The van der Waals surface area contributed by atoms with Crippen LogP contribution in [-0.2, 0) is 5.41 Å². The summed E-state index contributed by atoms with van der Waals surface area (Å²) in [5.41, 5.74) is 4.74. The van der Waals surface area contributed by atoms with Crippen LogP contribution in [0.2, 0.25) is 0 Å². The lowest BCUT2D eigenvalue weighted by Gasteiger charge is -2.20. The van der Waals surface area contributed by atoms with E-state index in [9.17, 15) is 10.2 Å². The number of rotatable bonds is 2. The molecule has 0 radical (unpaired) electrons. The predicted octanol–water partition coefficient (Wildman–Crippen LogP) is 5.73. The fraction of sp³-hybridized carbons (Fsp3) is 0.182. The molecular weight excluding hydrogens is 296 g/mol. The predicted molar refractivity (Wildman–Crippen MR) is 99.3 cm³/mol. The Kier molecular flexibility index (Phi) is 4.06. The van der Waals surface area contributed by atoms with Gasteiger partial charge in [-0.3, -0.25) is 0 Å². The Morgan fingerprint density at radius 3 is 1.75 bits per heavy atom. The van der Waals surface area contributed by atoms with Crippen LogP contribution in [0.5, 0.6) is 11.5 Å². The van der Waals surface area contributed by atoms with Gasteiger partial charge in [0.25, 0.3) is 0 Å². The molecule has 0 unspecified atom stereocenters. The molecule has 0 amide bonds. The van der Waals surface area contributed by atoms with Gasteiger partial charge in [-0.2, -0.15) is 0 Å². The third-order valence-electron chi connectivity index (χ3n) is 4.27. The Labute approximate surface area is 143 Å². The number of phenols is 2. The molecule has 122 valence electrons. The highest BCUT2D eigenvalue weighted by Crippen LogP contribution is 2.36. The standard InChI is InChI=1S/C22H22O2/c1-22(2,3)17-12-13-21(24)19(14-17)16-10-8-15(9-11-16)18-6-4-5-7-20(18)23/h4-14,23-24H,1-3H3. The Balaban J connectivity index is 2.01. The highest BCUT2D eigenvalue weighted by atomic mass is 16.3. The molecule has 24 heavy (non-hydrogen) atoms. The van der Waals surface area contributed by atoms with Crippen LogP contribution in [0.15, 0.2) is 66.7 Å².